The van der Waals surface area contributed by atoms with Crippen LogP contribution in [0.15, 0.2) is 46.9 Å². The summed E-state index contributed by atoms with van der Waals surface area (Å²) in [5.41, 5.74) is 1.59. The lowest BCUT2D eigenvalue weighted by molar-refractivity contribution is -0.117. The third-order valence-electron chi connectivity index (χ3n) is 2.75. The van der Waals surface area contributed by atoms with Crippen molar-refractivity contribution in [1.82, 2.24) is 0 Å². The molecule has 0 bridgehead atoms. The first-order valence-corrected chi connectivity index (χ1v) is 6.92. The lowest BCUT2D eigenvalue weighted by atomic mass is 10.0. The zero-order valence-corrected chi connectivity index (χ0v) is 12.3. The van der Waals surface area contributed by atoms with Crippen LogP contribution in [0.1, 0.15) is 11.1 Å². The molecule has 0 N–H and O–H groups in total. The molecule has 0 heterocycles. The number of ketones is 1. The molecule has 0 fully saturated rings. The molecule has 19 heavy (non-hydrogen) atoms. The quantitative estimate of drug-likeness (QED) is 0.794. The third kappa shape index (κ3) is 3.88. The summed E-state index contributed by atoms with van der Waals surface area (Å²) in [5, 5.41) is 0.592. The highest BCUT2D eigenvalue weighted by atomic mass is 79.9. The monoisotopic (exact) mass is 340 g/mol. The van der Waals surface area contributed by atoms with Gasteiger partial charge in [-0.1, -0.05) is 51.8 Å². The molecule has 0 saturated carbocycles. The lowest BCUT2D eigenvalue weighted by Gasteiger charge is -2.05. The van der Waals surface area contributed by atoms with Crippen LogP contribution in [-0.4, -0.2) is 5.78 Å². The zero-order chi connectivity index (χ0) is 13.8. The van der Waals surface area contributed by atoms with Crippen LogP contribution in [0.4, 0.5) is 4.39 Å². The predicted molar refractivity (Wildman–Crippen MR) is 78.0 cm³/mol. The van der Waals surface area contributed by atoms with Crippen LogP contribution < -0.4 is 0 Å². The second-order valence-corrected chi connectivity index (χ2v) is 5.48. The molecular weight excluding hydrogens is 331 g/mol. The molecule has 0 aliphatic carbocycles. The van der Waals surface area contributed by atoms with Crippen LogP contribution in [0.2, 0.25) is 5.02 Å². The van der Waals surface area contributed by atoms with Crippen molar-refractivity contribution < 1.29 is 9.18 Å². The summed E-state index contributed by atoms with van der Waals surface area (Å²) < 4.78 is 13.6. The van der Waals surface area contributed by atoms with Crippen LogP contribution in [0.3, 0.4) is 0 Å². The highest BCUT2D eigenvalue weighted by molar-refractivity contribution is 9.10. The van der Waals surface area contributed by atoms with Gasteiger partial charge >= 0.3 is 0 Å². The van der Waals surface area contributed by atoms with Gasteiger partial charge in [-0.3, -0.25) is 4.79 Å². The fourth-order valence-electron chi connectivity index (χ4n) is 1.79. The molecule has 0 radical (unpaired) electrons. The molecule has 2 aromatic carbocycles. The van der Waals surface area contributed by atoms with E-state index in [1.807, 2.05) is 18.2 Å². The summed E-state index contributed by atoms with van der Waals surface area (Å²) in [4.78, 5) is 12.0. The first-order chi connectivity index (χ1) is 9.06. The van der Waals surface area contributed by atoms with E-state index in [9.17, 15) is 9.18 Å². The fraction of sp³-hybridized carbons (Fsp3) is 0.133. The molecule has 0 atom stereocenters. The van der Waals surface area contributed by atoms with Gasteiger partial charge in [0, 0.05) is 22.3 Å². The molecule has 0 aliphatic rings. The Morgan fingerprint density at radius 1 is 1.11 bits per heavy atom. The molecule has 98 valence electrons. The average molecular weight is 342 g/mol. The number of halogens is 3. The molecule has 2 rings (SSSR count). The highest BCUT2D eigenvalue weighted by Crippen LogP contribution is 2.20. The average Bonchev–Trinajstić information content (AvgIpc) is 2.36. The van der Waals surface area contributed by atoms with Gasteiger partial charge in [0.25, 0.3) is 0 Å². The predicted octanol–water partition coefficient (Wildman–Crippen LogP) is 4.60. The van der Waals surface area contributed by atoms with E-state index in [-0.39, 0.29) is 24.4 Å². The Morgan fingerprint density at radius 2 is 1.79 bits per heavy atom. The zero-order valence-electron chi connectivity index (χ0n) is 10.00. The van der Waals surface area contributed by atoms with Crippen LogP contribution in [-0.2, 0) is 17.6 Å². The number of benzene rings is 2. The van der Waals surface area contributed by atoms with Gasteiger partial charge in [0.15, 0.2) is 0 Å². The van der Waals surface area contributed by atoms with Crippen LogP contribution in [0, 0.1) is 5.82 Å². The molecule has 4 heteroatoms. The van der Waals surface area contributed by atoms with Crippen molar-refractivity contribution in [3.63, 3.8) is 0 Å². The molecule has 1 nitrogen and oxygen atoms in total. The topological polar surface area (TPSA) is 17.1 Å². The van der Waals surface area contributed by atoms with E-state index in [1.165, 1.54) is 12.1 Å². The highest BCUT2D eigenvalue weighted by Gasteiger charge is 2.10. The Labute approximate surface area is 124 Å². The number of carbonyl (C=O) groups excluding carboxylic acids is 1. The van der Waals surface area contributed by atoms with E-state index in [4.69, 9.17) is 11.6 Å². The number of Topliss-reactive ketones (excluding diaryl/α,β-unsaturated/α-hetero) is 1. The van der Waals surface area contributed by atoms with E-state index < -0.39 is 0 Å². The van der Waals surface area contributed by atoms with Crippen molar-refractivity contribution in [3.05, 3.63) is 68.9 Å². The van der Waals surface area contributed by atoms with Crippen molar-refractivity contribution in [1.29, 1.82) is 0 Å². The number of hydrogen-bond donors (Lipinski definition) is 0. The largest absolute Gasteiger partial charge is 0.299 e. The van der Waals surface area contributed by atoms with Gasteiger partial charge < -0.3 is 0 Å². The Hall–Kier alpha value is -1.19. The molecule has 0 spiro atoms. The van der Waals surface area contributed by atoms with Crippen LogP contribution in [0.5, 0.6) is 0 Å². The van der Waals surface area contributed by atoms with Gasteiger partial charge in [0.2, 0.25) is 0 Å². The van der Waals surface area contributed by atoms with Gasteiger partial charge in [-0.05, 0) is 29.3 Å². The van der Waals surface area contributed by atoms with Gasteiger partial charge in [0.05, 0.1) is 0 Å². The minimum absolute atomic E-state index is 0.0420. The SMILES string of the molecule is O=C(Cc1ccccc1Cl)Cc1ccc(F)cc1Br. The standard InChI is InChI=1S/C15H11BrClFO/c16-14-9-12(18)6-5-10(14)7-13(19)8-11-3-1-2-4-15(11)17/h1-6,9H,7-8H2. The number of hydrogen-bond acceptors (Lipinski definition) is 1. The lowest BCUT2D eigenvalue weighted by Crippen LogP contribution is -2.07. The smallest absolute Gasteiger partial charge is 0.141 e. The normalized spacial score (nSPS) is 10.5. The van der Waals surface area contributed by atoms with E-state index in [0.29, 0.717) is 9.50 Å². The van der Waals surface area contributed by atoms with Crippen LogP contribution >= 0.6 is 27.5 Å². The Kier molecular flexibility index (Phi) is 4.72. The first kappa shape index (κ1) is 14.2. The Balaban J connectivity index is 2.08. The molecular formula is C15H11BrClFO. The van der Waals surface area contributed by atoms with E-state index in [2.05, 4.69) is 15.9 Å². The van der Waals surface area contributed by atoms with E-state index >= 15 is 0 Å². The maximum Gasteiger partial charge on any atom is 0.141 e. The third-order valence-corrected chi connectivity index (χ3v) is 3.86. The minimum atomic E-state index is -0.325. The number of carbonyl (C=O) groups is 1. The van der Waals surface area contributed by atoms with Crippen molar-refractivity contribution in [2.75, 3.05) is 0 Å². The maximum absolute atomic E-state index is 13.0. The van der Waals surface area contributed by atoms with Gasteiger partial charge in [0.1, 0.15) is 11.6 Å². The van der Waals surface area contributed by atoms with Gasteiger partial charge in [-0.15, -0.1) is 0 Å². The van der Waals surface area contributed by atoms with Crippen molar-refractivity contribution in [3.8, 4) is 0 Å². The molecule has 0 aromatic heterocycles. The molecule has 0 saturated heterocycles. The van der Waals surface area contributed by atoms with Crippen molar-refractivity contribution >= 4 is 33.3 Å². The molecule has 2 aromatic rings. The van der Waals surface area contributed by atoms with Gasteiger partial charge in [-0.2, -0.15) is 0 Å². The molecule has 0 unspecified atom stereocenters. The van der Waals surface area contributed by atoms with E-state index in [0.717, 1.165) is 11.1 Å². The summed E-state index contributed by atoms with van der Waals surface area (Å²) in [6, 6.07) is 11.6. The summed E-state index contributed by atoms with van der Waals surface area (Å²) in [6.07, 6.45) is 0.537. The Morgan fingerprint density at radius 3 is 2.47 bits per heavy atom. The summed E-state index contributed by atoms with van der Waals surface area (Å²) in [6.45, 7) is 0. The first-order valence-electron chi connectivity index (χ1n) is 5.75. The maximum atomic E-state index is 13.0. The summed E-state index contributed by atoms with van der Waals surface area (Å²) in [5.74, 6) is -0.283. The Bertz CT molecular complexity index is 613. The molecule has 0 aliphatic heterocycles. The van der Waals surface area contributed by atoms with E-state index in [1.54, 1.807) is 12.1 Å². The van der Waals surface area contributed by atoms with Crippen molar-refractivity contribution in [2.45, 2.75) is 12.8 Å². The summed E-state index contributed by atoms with van der Waals surface area (Å²) >= 11 is 9.27. The second kappa shape index (κ2) is 6.31. The fourth-order valence-corrected chi connectivity index (χ4v) is 2.49. The van der Waals surface area contributed by atoms with Crippen LogP contribution in [0.25, 0.3) is 0 Å². The summed E-state index contributed by atoms with van der Waals surface area (Å²) in [7, 11) is 0. The number of rotatable bonds is 4. The van der Waals surface area contributed by atoms with Crippen molar-refractivity contribution in [2.24, 2.45) is 0 Å². The minimum Gasteiger partial charge on any atom is -0.299 e. The second-order valence-electron chi connectivity index (χ2n) is 4.22. The van der Waals surface area contributed by atoms with Gasteiger partial charge in [-0.25, -0.2) is 4.39 Å². The molecule has 0 amide bonds.